The Morgan fingerprint density at radius 1 is 1.04 bits per heavy atom. The van der Waals surface area contributed by atoms with Crippen LogP contribution in [0.5, 0.6) is 0 Å². The Bertz CT molecular complexity index is 704. The highest BCUT2D eigenvalue weighted by Gasteiger charge is 2.11. The largest absolute Gasteiger partial charge is 0.452 e. The number of hydrazine groups is 1. The number of carbonyl (C=O) groups is 3. The van der Waals surface area contributed by atoms with Gasteiger partial charge in [0.1, 0.15) is 0 Å². The summed E-state index contributed by atoms with van der Waals surface area (Å²) in [4.78, 5) is 38.6. The summed E-state index contributed by atoms with van der Waals surface area (Å²) in [5.74, 6) is -1.88. The number of ether oxygens (including phenoxy) is 1. The van der Waals surface area contributed by atoms with Crippen molar-refractivity contribution < 1.29 is 19.1 Å². The van der Waals surface area contributed by atoms with E-state index in [4.69, 9.17) is 16.3 Å². The van der Waals surface area contributed by atoms with Gasteiger partial charge in [0.05, 0.1) is 5.56 Å². The molecule has 23 heavy (non-hydrogen) atoms. The van der Waals surface area contributed by atoms with Gasteiger partial charge in [-0.1, -0.05) is 11.6 Å². The van der Waals surface area contributed by atoms with E-state index in [9.17, 15) is 14.4 Å². The fourth-order valence-corrected chi connectivity index (χ4v) is 1.66. The van der Waals surface area contributed by atoms with E-state index < -0.39 is 24.4 Å². The molecule has 0 spiro atoms. The standard InChI is InChI=1S/C15H12ClN3O4/c16-12-5-3-10(4-6-12)14(21)19-18-13(20)9-23-15(22)11-2-1-7-17-8-11/h1-8H,9H2,(H,18,20)(H,19,21). The molecule has 0 atom stereocenters. The second-order valence-corrected chi connectivity index (χ2v) is 4.76. The van der Waals surface area contributed by atoms with Crippen molar-refractivity contribution in [3.63, 3.8) is 0 Å². The van der Waals surface area contributed by atoms with Gasteiger partial charge >= 0.3 is 5.97 Å². The van der Waals surface area contributed by atoms with Crippen LogP contribution in [0.2, 0.25) is 5.02 Å². The van der Waals surface area contributed by atoms with Crippen molar-refractivity contribution in [3.05, 3.63) is 64.9 Å². The predicted octanol–water partition coefficient (Wildman–Crippen LogP) is 1.35. The SMILES string of the molecule is O=C(COC(=O)c1cccnc1)NNC(=O)c1ccc(Cl)cc1. The Morgan fingerprint density at radius 3 is 2.43 bits per heavy atom. The van der Waals surface area contributed by atoms with Crippen LogP contribution < -0.4 is 10.9 Å². The van der Waals surface area contributed by atoms with E-state index in [1.54, 1.807) is 18.2 Å². The maximum Gasteiger partial charge on any atom is 0.340 e. The first kappa shape index (κ1) is 16.4. The summed E-state index contributed by atoms with van der Waals surface area (Å²) in [6.45, 7) is -0.533. The number of rotatable bonds is 4. The Hall–Kier alpha value is -2.93. The van der Waals surface area contributed by atoms with Crippen molar-refractivity contribution in [2.75, 3.05) is 6.61 Å². The van der Waals surface area contributed by atoms with Crippen LogP contribution in [-0.4, -0.2) is 29.4 Å². The fourth-order valence-electron chi connectivity index (χ4n) is 1.53. The highest BCUT2D eigenvalue weighted by Crippen LogP contribution is 2.08. The zero-order valence-corrected chi connectivity index (χ0v) is 12.5. The molecule has 0 unspecified atom stereocenters. The lowest BCUT2D eigenvalue weighted by Gasteiger charge is -2.08. The summed E-state index contributed by atoms with van der Waals surface area (Å²) in [6, 6.07) is 9.19. The third kappa shape index (κ3) is 5.08. The molecule has 2 amide bonds. The number of aromatic nitrogens is 1. The smallest absolute Gasteiger partial charge is 0.340 e. The van der Waals surface area contributed by atoms with E-state index in [-0.39, 0.29) is 5.56 Å². The molecule has 0 saturated carbocycles. The van der Waals surface area contributed by atoms with E-state index in [1.165, 1.54) is 30.6 Å². The van der Waals surface area contributed by atoms with Gasteiger partial charge in [0.25, 0.3) is 11.8 Å². The topological polar surface area (TPSA) is 97.4 Å². The number of pyridine rings is 1. The third-order valence-electron chi connectivity index (χ3n) is 2.65. The van der Waals surface area contributed by atoms with Gasteiger partial charge in [0, 0.05) is 23.0 Å². The summed E-state index contributed by atoms with van der Waals surface area (Å²) in [7, 11) is 0. The first-order valence-corrected chi connectivity index (χ1v) is 6.86. The average Bonchev–Trinajstić information content (AvgIpc) is 2.59. The van der Waals surface area contributed by atoms with Crippen molar-refractivity contribution in [2.45, 2.75) is 0 Å². The van der Waals surface area contributed by atoms with Crippen LogP contribution >= 0.6 is 11.6 Å². The summed E-state index contributed by atoms with van der Waals surface area (Å²) in [5.41, 5.74) is 4.88. The second-order valence-electron chi connectivity index (χ2n) is 4.33. The molecule has 8 heteroatoms. The lowest BCUT2D eigenvalue weighted by atomic mass is 10.2. The van der Waals surface area contributed by atoms with Crippen molar-refractivity contribution in [3.8, 4) is 0 Å². The van der Waals surface area contributed by atoms with Gasteiger partial charge in [-0.05, 0) is 36.4 Å². The van der Waals surface area contributed by atoms with E-state index >= 15 is 0 Å². The number of carbonyl (C=O) groups excluding carboxylic acids is 3. The molecule has 1 aromatic carbocycles. The van der Waals surface area contributed by atoms with Crippen LogP contribution in [0.1, 0.15) is 20.7 Å². The number of hydrogen-bond acceptors (Lipinski definition) is 5. The molecule has 1 heterocycles. The molecule has 0 fully saturated rings. The highest BCUT2D eigenvalue weighted by molar-refractivity contribution is 6.30. The van der Waals surface area contributed by atoms with Gasteiger partial charge in [-0.2, -0.15) is 0 Å². The van der Waals surface area contributed by atoms with Crippen molar-refractivity contribution in [1.29, 1.82) is 0 Å². The first-order valence-electron chi connectivity index (χ1n) is 6.48. The van der Waals surface area contributed by atoms with Gasteiger partial charge < -0.3 is 4.74 Å². The van der Waals surface area contributed by atoms with E-state index in [0.29, 0.717) is 10.6 Å². The molecule has 118 valence electrons. The monoisotopic (exact) mass is 333 g/mol. The van der Waals surface area contributed by atoms with Gasteiger partial charge in [-0.25, -0.2) is 4.79 Å². The number of amides is 2. The molecule has 2 aromatic rings. The van der Waals surface area contributed by atoms with E-state index in [1.807, 2.05) is 0 Å². The number of halogens is 1. The van der Waals surface area contributed by atoms with Crippen LogP contribution in [0.15, 0.2) is 48.8 Å². The van der Waals surface area contributed by atoms with Crippen molar-refractivity contribution in [1.82, 2.24) is 15.8 Å². The second kappa shape index (κ2) is 7.90. The molecule has 7 nitrogen and oxygen atoms in total. The minimum absolute atomic E-state index is 0.227. The Balaban J connectivity index is 1.76. The molecule has 0 aliphatic carbocycles. The maximum atomic E-state index is 11.7. The average molecular weight is 334 g/mol. The molecule has 0 saturated heterocycles. The van der Waals surface area contributed by atoms with Gasteiger partial charge in [0.2, 0.25) is 0 Å². The van der Waals surface area contributed by atoms with Gasteiger partial charge in [-0.15, -0.1) is 0 Å². The minimum Gasteiger partial charge on any atom is -0.452 e. The number of nitrogens with zero attached hydrogens (tertiary/aromatic N) is 1. The van der Waals surface area contributed by atoms with Gasteiger partial charge in [-0.3, -0.25) is 25.4 Å². The molecule has 1 aromatic heterocycles. The predicted molar refractivity (Wildman–Crippen MR) is 81.6 cm³/mol. The van der Waals surface area contributed by atoms with Crippen molar-refractivity contribution in [2.24, 2.45) is 0 Å². The quantitative estimate of drug-likeness (QED) is 0.650. The normalized spacial score (nSPS) is 9.78. The number of benzene rings is 1. The zero-order chi connectivity index (χ0) is 16.7. The van der Waals surface area contributed by atoms with Crippen LogP contribution in [0, 0.1) is 0 Å². The Kier molecular flexibility index (Phi) is 5.65. The van der Waals surface area contributed by atoms with Crippen LogP contribution in [0.3, 0.4) is 0 Å². The van der Waals surface area contributed by atoms with Crippen LogP contribution in [0.25, 0.3) is 0 Å². The minimum atomic E-state index is -0.683. The lowest BCUT2D eigenvalue weighted by molar-refractivity contribution is -0.125. The maximum absolute atomic E-state index is 11.7. The summed E-state index contributed by atoms with van der Waals surface area (Å²) in [6.07, 6.45) is 2.83. The van der Waals surface area contributed by atoms with Crippen LogP contribution in [-0.2, 0) is 9.53 Å². The summed E-state index contributed by atoms with van der Waals surface area (Å²) < 4.78 is 4.78. The van der Waals surface area contributed by atoms with E-state index in [2.05, 4.69) is 15.8 Å². The molecule has 0 aliphatic rings. The van der Waals surface area contributed by atoms with Gasteiger partial charge in [0.15, 0.2) is 6.61 Å². The Labute approximate surface area is 136 Å². The molecule has 0 aliphatic heterocycles. The lowest BCUT2D eigenvalue weighted by Crippen LogP contribution is -2.43. The third-order valence-corrected chi connectivity index (χ3v) is 2.91. The number of nitrogens with one attached hydrogen (secondary N) is 2. The fraction of sp³-hybridized carbons (Fsp3) is 0.0667. The molecule has 2 N–H and O–H groups in total. The summed E-state index contributed by atoms with van der Waals surface area (Å²) >= 11 is 5.71. The molecule has 0 bridgehead atoms. The first-order chi connectivity index (χ1) is 11.1. The van der Waals surface area contributed by atoms with Crippen LogP contribution in [0.4, 0.5) is 0 Å². The molecule has 2 rings (SSSR count). The van der Waals surface area contributed by atoms with Crippen molar-refractivity contribution >= 4 is 29.4 Å². The zero-order valence-electron chi connectivity index (χ0n) is 11.8. The number of esters is 1. The highest BCUT2D eigenvalue weighted by atomic mass is 35.5. The molecular weight excluding hydrogens is 322 g/mol. The summed E-state index contributed by atoms with van der Waals surface area (Å²) in [5, 5.41) is 0.493. The Morgan fingerprint density at radius 2 is 1.78 bits per heavy atom. The number of hydrogen-bond donors (Lipinski definition) is 2. The van der Waals surface area contributed by atoms with E-state index in [0.717, 1.165) is 0 Å². The molecular formula is C15H12ClN3O4. The molecule has 0 radical (unpaired) electrons.